The first kappa shape index (κ1) is 17.0. The first-order valence-corrected chi connectivity index (χ1v) is 8.48. The summed E-state index contributed by atoms with van der Waals surface area (Å²) in [5.74, 6) is 1.07. The minimum absolute atomic E-state index is 0.0381. The second-order valence-corrected chi connectivity index (χ2v) is 6.65. The van der Waals surface area contributed by atoms with Crippen LogP contribution in [0.25, 0.3) is 11.5 Å². The van der Waals surface area contributed by atoms with Gasteiger partial charge in [-0.3, -0.25) is 0 Å². The number of aromatic nitrogens is 2. The zero-order chi connectivity index (χ0) is 17.1. The largest absolute Gasteiger partial charge is 0.415 e. The summed E-state index contributed by atoms with van der Waals surface area (Å²) in [4.78, 5) is 0. The maximum atomic E-state index is 6.01. The van der Waals surface area contributed by atoms with Crippen LogP contribution in [0.15, 0.2) is 52.9 Å². The van der Waals surface area contributed by atoms with Gasteiger partial charge in [0, 0.05) is 21.2 Å². The minimum Gasteiger partial charge on any atom is -0.415 e. The smallest absolute Gasteiger partial charge is 0.274 e. The fourth-order valence-corrected chi connectivity index (χ4v) is 2.87. The predicted octanol–water partition coefficient (Wildman–Crippen LogP) is 4.43. The van der Waals surface area contributed by atoms with Crippen LogP contribution in [0, 0.1) is 0 Å². The van der Waals surface area contributed by atoms with Crippen LogP contribution in [0.3, 0.4) is 0 Å². The fourth-order valence-electron chi connectivity index (χ4n) is 2.55. The van der Waals surface area contributed by atoms with Gasteiger partial charge in [-0.25, -0.2) is 0 Å². The van der Waals surface area contributed by atoms with E-state index in [0.29, 0.717) is 16.8 Å². The molecule has 4 nitrogen and oxygen atoms in total. The quantitative estimate of drug-likeness (QED) is 0.730. The van der Waals surface area contributed by atoms with E-state index in [-0.39, 0.29) is 12.1 Å². The zero-order valence-electron chi connectivity index (χ0n) is 13.4. The predicted molar refractivity (Wildman–Crippen MR) is 95.0 cm³/mol. The van der Waals surface area contributed by atoms with E-state index in [1.165, 1.54) is 5.56 Å². The van der Waals surface area contributed by atoms with Crippen molar-refractivity contribution < 1.29 is 9.73 Å². The van der Waals surface area contributed by atoms with Gasteiger partial charge in [0.1, 0.15) is 6.04 Å². The SMILES string of the molecule is C[C@@H]([NH2+][C@H](C)c1nnc(-c2cccc(Cl)c2)o1)c1ccc(Cl)cc1. The van der Waals surface area contributed by atoms with Crippen molar-refractivity contribution >= 4 is 23.2 Å². The van der Waals surface area contributed by atoms with Crippen LogP contribution in [0.1, 0.15) is 37.4 Å². The molecule has 2 aromatic carbocycles. The number of benzene rings is 2. The highest BCUT2D eigenvalue weighted by Gasteiger charge is 2.21. The molecule has 2 atom stereocenters. The van der Waals surface area contributed by atoms with Crippen molar-refractivity contribution in [1.82, 2.24) is 10.2 Å². The molecule has 0 saturated heterocycles. The van der Waals surface area contributed by atoms with E-state index in [9.17, 15) is 0 Å². The number of nitrogens with zero attached hydrogens (tertiary/aromatic N) is 2. The van der Waals surface area contributed by atoms with E-state index in [0.717, 1.165) is 10.6 Å². The molecule has 2 N–H and O–H groups in total. The number of halogens is 2. The number of nitrogens with two attached hydrogens (primary N) is 1. The zero-order valence-corrected chi connectivity index (χ0v) is 14.9. The molecule has 0 fully saturated rings. The molecule has 124 valence electrons. The molecule has 3 rings (SSSR count). The van der Waals surface area contributed by atoms with Gasteiger partial charge in [0.25, 0.3) is 5.89 Å². The Kier molecular flexibility index (Phi) is 5.19. The standard InChI is InChI=1S/C18H17Cl2N3O/c1-11(13-6-8-15(19)9-7-13)21-12(2)17-22-23-18(24-17)14-4-3-5-16(20)10-14/h3-12,21H,1-2H3/p+1/t11-,12-/m1/s1. The Morgan fingerprint density at radius 2 is 1.67 bits per heavy atom. The molecular weight excluding hydrogens is 345 g/mol. The van der Waals surface area contributed by atoms with E-state index in [2.05, 4.69) is 22.4 Å². The van der Waals surface area contributed by atoms with Gasteiger partial charge in [0.05, 0.1) is 0 Å². The number of rotatable bonds is 5. The number of hydrogen-bond acceptors (Lipinski definition) is 3. The van der Waals surface area contributed by atoms with E-state index in [4.69, 9.17) is 27.6 Å². The lowest BCUT2D eigenvalue weighted by Crippen LogP contribution is -2.85. The third-order valence-corrected chi connectivity index (χ3v) is 4.36. The Morgan fingerprint density at radius 1 is 0.917 bits per heavy atom. The van der Waals surface area contributed by atoms with Crippen molar-refractivity contribution in [3.63, 3.8) is 0 Å². The molecule has 6 heteroatoms. The average Bonchev–Trinajstić information content (AvgIpc) is 3.05. The first-order chi connectivity index (χ1) is 11.5. The van der Waals surface area contributed by atoms with Gasteiger partial charge in [0.2, 0.25) is 5.89 Å². The summed E-state index contributed by atoms with van der Waals surface area (Å²) in [5, 5.41) is 11.9. The summed E-state index contributed by atoms with van der Waals surface area (Å²) in [6.45, 7) is 4.18. The van der Waals surface area contributed by atoms with Crippen LogP contribution in [-0.4, -0.2) is 10.2 Å². The second kappa shape index (κ2) is 7.34. The van der Waals surface area contributed by atoms with Gasteiger partial charge in [-0.05, 0) is 44.2 Å². The average molecular weight is 363 g/mol. The summed E-state index contributed by atoms with van der Waals surface area (Å²) in [5.41, 5.74) is 2.01. The molecular formula is C18H18Cl2N3O+. The fraction of sp³-hybridized carbons (Fsp3) is 0.222. The molecule has 1 aromatic heterocycles. The molecule has 0 bridgehead atoms. The van der Waals surface area contributed by atoms with E-state index >= 15 is 0 Å². The Labute approximate surface area is 150 Å². The summed E-state index contributed by atoms with van der Waals surface area (Å²) in [7, 11) is 0. The molecule has 3 aromatic rings. The molecule has 1 heterocycles. The lowest BCUT2D eigenvalue weighted by molar-refractivity contribution is -0.730. The van der Waals surface area contributed by atoms with Crippen LogP contribution in [-0.2, 0) is 0 Å². The van der Waals surface area contributed by atoms with Crippen molar-refractivity contribution in [2.45, 2.75) is 25.9 Å². The lowest BCUT2D eigenvalue weighted by atomic mass is 10.1. The molecule has 0 aliphatic carbocycles. The first-order valence-electron chi connectivity index (χ1n) is 7.72. The third-order valence-electron chi connectivity index (χ3n) is 3.87. The van der Waals surface area contributed by atoms with Crippen molar-refractivity contribution in [2.75, 3.05) is 0 Å². The van der Waals surface area contributed by atoms with Crippen molar-refractivity contribution in [1.29, 1.82) is 0 Å². The molecule has 0 saturated carbocycles. The van der Waals surface area contributed by atoms with Gasteiger partial charge in [-0.2, -0.15) is 0 Å². The molecule has 0 aliphatic rings. The van der Waals surface area contributed by atoms with Gasteiger partial charge < -0.3 is 9.73 Å². The minimum atomic E-state index is 0.0381. The summed E-state index contributed by atoms with van der Waals surface area (Å²) in [6, 6.07) is 15.5. The molecule has 0 radical (unpaired) electrons. The van der Waals surface area contributed by atoms with Gasteiger partial charge in [0.15, 0.2) is 6.04 Å². The van der Waals surface area contributed by atoms with Gasteiger partial charge in [-0.1, -0.05) is 41.4 Å². The number of quaternary nitrogens is 1. The van der Waals surface area contributed by atoms with Crippen LogP contribution >= 0.6 is 23.2 Å². The van der Waals surface area contributed by atoms with Gasteiger partial charge >= 0.3 is 0 Å². The maximum absolute atomic E-state index is 6.01. The molecule has 0 aliphatic heterocycles. The normalized spacial score (nSPS) is 13.7. The summed E-state index contributed by atoms with van der Waals surface area (Å²) < 4.78 is 5.81. The monoisotopic (exact) mass is 362 g/mol. The van der Waals surface area contributed by atoms with Crippen molar-refractivity contribution in [3.8, 4) is 11.5 Å². The molecule has 0 unspecified atom stereocenters. The lowest BCUT2D eigenvalue weighted by Gasteiger charge is -2.14. The molecule has 0 spiro atoms. The highest BCUT2D eigenvalue weighted by Crippen LogP contribution is 2.23. The van der Waals surface area contributed by atoms with Crippen molar-refractivity contribution in [2.24, 2.45) is 0 Å². The summed E-state index contributed by atoms with van der Waals surface area (Å²) in [6.07, 6.45) is 0. The van der Waals surface area contributed by atoms with Crippen LogP contribution < -0.4 is 5.32 Å². The van der Waals surface area contributed by atoms with E-state index in [1.807, 2.05) is 55.5 Å². The second-order valence-electron chi connectivity index (χ2n) is 5.78. The highest BCUT2D eigenvalue weighted by molar-refractivity contribution is 6.31. The summed E-state index contributed by atoms with van der Waals surface area (Å²) >= 11 is 11.9. The van der Waals surface area contributed by atoms with Crippen LogP contribution in [0.5, 0.6) is 0 Å². The van der Waals surface area contributed by atoms with Crippen LogP contribution in [0.2, 0.25) is 10.0 Å². The number of hydrogen-bond donors (Lipinski definition) is 1. The Balaban J connectivity index is 1.71. The maximum Gasteiger partial charge on any atom is 0.274 e. The van der Waals surface area contributed by atoms with Crippen LogP contribution in [0.4, 0.5) is 0 Å². The Hall–Kier alpha value is -1.88. The Bertz CT molecular complexity index is 817. The van der Waals surface area contributed by atoms with Gasteiger partial charge in [-0.15, -0.1) is 10.2 Å². The highest BCUT2D eigenvalue weighted by atomic mass is 35.5. The van der Waals surface area contributed by atoms with Crippen molar-refractivity contribution in [3.05, 3.63) is 70.0 Å². The molecule has 24 heavy (non-hydrogen) atoms. The third kappa shape index (κ3) is 3.96. The van der Waals surface area contributed by atoms with E-state index < -0.39 is 0 Å². The Morgan fingerprint density at radius 3 is 2.38 bits per heavy atom. The molecule has 0 amide bonds. The topological polar surface area (TPSA) is 55.5 Å². The van der Waals surface area contributed by atoms with E-state index in [1.54, 1.807) is 0 Å².